The lowest BCUT2D eigenvalue weighted by Crippen LogP contribution is -2.62. The minimum absolute atomic E-state index is 0.0288. The minimum atomic E-state index is -1.78. The molecule has 3 aromatic carbocycles. The number of nitrogens with two attached hydrogens (primary N) is 4. The number of rotatable bonds is 26. The van der Waals surface area contributed by atoms with E-state index in [-0.39, 0.29) is 63.3 Å². The molecule has 1 aliphatic rings. The summed E-state index contributed by atoms with van der Waals surface area (Å²) in [4.78, 5) is 126. The van der Waals surface area contributed by atoms with Crippen molar-refractivity contribution in [1.29, 1.82) is 0 Å². The molecule has 2 heterocycles. The molecule has 1 fully saturated rings. The second-order valence-electron chi connectivity index (χ2n) is 18.2. The Hall–Kier alpha value is -8.58. The number of benzene rings is 3. The molecule has 1 saturated heterocycles. The van der Waals surface area contributed by atoms with Crippen molar-refractivity contribution in [2.45, 2.75) is 120 Å². The molecule has 0 aliphatic carbocycles. The van der Waals surface area contributed by atoms with E-state index in [1.54, 1.807) is 60.8 Å². The third-order valence-electron chi connectivity index (χ3n) is 12.1. The first-order valence-electron chi connectivity index (χ1n) is 24.4. The number of aliphatic hydroxyl groups excluding tert-OH is 1. The number of nitrogens with one attached hydrogen (secondary N) is 6. The van der Waals surface area contributed by atoms with E-state index in [1.807, 2.05) is 12.1 Å². The number of carbonyl (C=O) groups excluding carboxylic acids is 7. The summed E-state index contributed by atoms with van der Waals surface area (Å²) in [6, 6.07) is 12.3. The lowest BCUT2D eigenvalue weighted by atomic mass is 10.0. The molecule has 25 heteroatoms. The quantitative estimate of drug-likeness (QED) is 0.0194. The number of carboxylic acids is 2. The monoisotopic (exact) mass is 1060 g/mol. The Balaban J connectivity index is 0.00000301. The number of H-pyrrole nitrogens is 1. The number of aliphatic carboxylic acids is 2. The van der Waals surface area contributed by atoms with Crippen LogP contribution in [0.4, 0.5) is 0 Å². The molecule has 0 spiro atoms. The number of likely N-dealkylation sites (tertiary alicyclic amines) is 1. The van der Waals surface area contributed by atoms with Crippen LogP contribution in [0.1, 0.15) is 69.1 Å². The molecule has 4 aromatic rings. The van der Waals surface area contributed by atoms with Crippen molar-refractivity contribution < 1.29 is 63.6 Å². The molecule has 5 rings (SSSR count). The maximum atomic E-state index is 14.4. The zero-order valence-electron chi connectivity index (χ0n) is 42.1. The Morgan fingerprint density at radius 3 is 1.92 bits per heavy atom. The van der Waals surface area contributed by atoms with Crippen LogP contribution in [0.3, 0.4) is 0 Å². The van der Waals surface area contributed by atoms with Crippen molar-refractivity contribution in [3.63, 3.8) is 0 Å². The summed E-state index contributed by atoms with van der Waals surface area (Å²) < 4.78 is 0. The number of aromatic amines is 1. The number of primary amides is 1. The fourth-order valence-corrected chi connectivity index (χ4v) is 8.33. The van der Waals surface area contributed by atoms with Crippen LogP contribution in [-0.4, -0.2) is 151 Å². The molecule has 18 N–H and O–H groups in total. The summed E-state index contributed by atoms with van der Waals surface area (Å²) in [6.07, 6.45) is -0.171. The summed E-state index contributed by atoms with van der Waals surface area (Å²) in [5.74, 6) is -8.30. The van der Waals surface area contributed by atoms with E-state index in [1.165, 1.54) is 24.0 Å². The van der Waals surface area contributed by atoms with Crippen molar-refractivity contribution in [2.75, 3.05) is 13.1 Å². The number of fused-ring (bicyclic) bond motifs is 1. The highest BCUT2D eigenvalue weighted by molar-refractivity contribution is 5.98. The number of amides is 7. The third-order valence-corrected chi connectivity index (χ3v) is 12.1. The number of carboxylic acid groups (broad SMARTS) is 2. The van der Waals surface area contributed by atoms with Crippen LogP contribution in [-0.2, 0) is 62.4 Å². The fraction of sp³-hybridized carbons (Fsp3) is 0.412. The number of hydrogen-bond donors (Lipinski definition) is 14. The van der Waals surface area contributed by atoms with Gasteiger partial charge in [0.05, 0.1) is 12.1 Å². The zero-order chi connectivity index (χ0) is 56.1. The highest BCUT2D eigenvalue weighted by atomic mass is 16.4. The molecule has 25 nitrogen and oxygen atoms in total. The maximum absolute atomic E-state index is 14.4. The molecule has 1 aromatic heterocycles. The van der Waals surface area contributed by atoms with Crippen molar-refractivity contribution >= 4 is 70.2 Å². The van der Waals surface area contributed by atoms with Crippen molar-refractivity contribution in [1.82, 2.24) is 36.5 Å². The van der Waals surface area contributed by atoms with Crippen molar-refractivity contribution in [3.05, 3.63) is 102 Å². The molecule has 0 saturated carbocycles. The normalized spacial score (nSPS) is 15.6. The van der Waals surface area contributed by atoms with Crippen molar-refractivity contribution in [3.8, 4) is 5.75 Å². The summed E-state index contributed by atoms with van der Waals surface area (Å²) in [5, 5.41) is 51.5. The number of nitrogens with zero attached hydrogens (tertiary/aromatic N) is 2. The number of aromatic nitrogens is 1. The summed E-state index contributed by atoms with van der Waals surface area (Å²) >= 11 is 0. The van der Waals surface area contributed by atoms with Gasteiger partial charge in [0, 0.05) is 56.4 Å². The van der Waals surface area contributed by atoms with Gasteiger partial charge in [-0.15, -0.1) is 0 Å². The van der Waals surface area contributed by atoms with Gasteiger partial charge in [-0.3, -0.25) is 43.3 Å². The fourth-order valence-electron chi connectivity index (χ4n) is 8.33. The summed E-state index contributed by atoms with van der Waals surface area (Å²) in [5.41, 5.74) is 25.3. The topological polar surface area (TPSA) is 430 Å². The van der Waals surface area contributed by atoms with Gasteiger partial charge in [0.15, 0.2) is 5.96 Å². The first-order chi connectivity index (χ1) is 36.0. The van der Waals surface area contributed by atoms with E-state index >= 15 is 0 Å². The predicted octanol–water partition coefficient (Wildman–Crippen LogP) is -1.48. The van der Waals surface area contributed by atoms with Crippen LogP contribution < -0.4 is 49.5 Å². The molecule has 0 bridgehead atoms. The first-order valence-corrected chi connectivity index (χ1v) is 24.4. The lowest BCUT2D eigenvalue weighted by Gasteiger charge is -2.30. The Bertz CT molecular complexity index is 2670. The van der Waals surface area contributed by atoms with E-state index < -0.39 is 115 Å². The van der Waals surface area contributed by atoms with Gasteiger partial charge in [0.25, 0.3) is 5.97 Å². The Morgan fingerprint density at radius 1 is 0.724 bits per heavy atom. The highest BCUT2D eigenvalue weighted by Gasteiger charge is 2.39. The maximum Gasteiger partial charge on any atom is 0.326 e. The number of aliphatic imine (C=N–C) groups is 1. The molecule has 1 aliphatic heterocycles. The molecule has 0 radical (unpaired) electrons. The largest absolute Gasteiger partial charge is 0.508 e. The molecule has 8 atom stereocenters. The number of para-hydroxylation sites is 1. The number of phenolic OH excluding ortho intramolecular Hbond substituents is 1. The Labute approximate surface area is 437 Å². The number of phenols is 1. The number of carbonyl (C=O) groups is 9. The molecular formula is C51H68N12O13. The van der Waals surface area contributed by atoms with Gasteiger partial charge in [-0.25, -0.2) is 4.79 Å². The predicted molar refractivity (Wildman–Crippen MR) is 277 cm³/mol. The van der Waals surface area contributed by atoms with E-state index in [0.29, 0.717) is 23.1 Å². The smallest absolute Gasteiger partial charge is 0.326 e. The van der Waals surface area contributed by atoms with Gasteiger partial charge in [0.2, 0.25) is 41.4 Å². The number of guanidine groups is 1. The van der Waals surface area contributed by atoms with Gasteiger partial charge in [-0.1, -0.05) is 60.7 Å². The van der Waals surface area contributed by atoms with E-state index in [9.17, 15) is 53.7 Å². The second-order valence-corrected chi connectivity index (χ2v) is 18.2. The SMILES string of the molecule is CC(=O)O.CC(O)C(NC(=O)C(Cc1c[nH]c2ccccc12)NC(=O)C1CCCN1C(=O)C(N)Cc1ccc(O)cc1)C(=O)NC(CCC(N)=O)C(=O)NC(CCCN=C(N)N)C(=O)NC(Cc1ccccc1)C(=O)O. The van der Waals surface area contributed by atoms with Gasteiger partial charge in [-0.05, 0) is 80.3 Å². The lowest BCUT2D eigenvalue weighted by molar-refractivity contribution is -0.142. The highest BCUT2D eigenvalue weighted by Crippen LogP contribution is 2.23. The number of aliphatic hydroxyl groups is 1. The summed E-state index contributed by atoms with van der Waals surface area (Å²) in [6.45, 7) is 2.53. The average Bonchev–Trinajstić information content (AvgIpc) is 4.03. The molecule has 8 unspecified atom stereocenters. The van der Waals surface area contributed by atoms with Crippen LogP contribution in [0.5, 0.6) is 5.75 Å². The number of aromatic hydroxyl groups is 1. The number of hydrogen-bond acceptors (Lipinski definition) is 13. The van der Waals surface area contributed by atoms with Crippen LogP contribution in [0, 0.1) is 0 Å². The van der Waals surface area contributed by atoms with Crippen LogP contribution in [0.15, 0.2) is 90.1 Å². The molecule has 7 amide bonds. The van der Waals surface area contributed by atoms with E-state index in [0.717, 1.165) is 17.8 Å². The summed E-state index contributed by atoms with van der Waals surface area (Å²) in [7, 11) is 0. The van der Waals surface area contributed by atoms with E-state index in [4.69, 9.17) is 32.8 Å². The van der Waals surface area contributed by atoms with Gasteiger partial charge >= 0.3 is 5.97 Å². The van der Waals surface area contributed by atoms with Gasteiger partial charge in [0.1, 0.15) is 42.0 Å². The minimum Gasteiger partial charge on any atom is -0.508 e. The Kier molecular flexibility index (Phi) is 23.2. The second kappa shape index (κ2) is 29.3. The first kappa shape index (κ1) is 60.0. The van der Waals surface area contributed by atoms with E-state index in [2.05, 4.69) is 36.6 Å². The van der Waals surface area contributed by atoms with Gasteiger partial charge in [-0.2, -0.15) is 0 Å². The van der Waals surface area contributed by atoms with Gasteiger partial charge < -0.3 is 79.8 Å². The van der Waals surface area contributed by atoms with Crippen molar-refractivity contribution in [2.24, 2.45) is 27.9 Å². The van der Waals surface area contributed by atoms with Crippen LogP contribution >= 0.6 is 0 Å². The molecule has 410 valence electrons. The standard InChI is InChI=1S/C49H64N12O11.C2H4O2/c1-27(62)41(46(69)57-36(19-20-40(51)64)43(66)56-35(13-7-21-54-49(52)53)42(65)59-38(48(71)72)24-28-9-3-2-4-10-28)60-44(67)37(25-30-26-55-34-12-6-5-11-32(30)34)58-45(68)39-14-8-22-61(39)47(70)33(50)23-29-15-17-31(63)18-16-29;1-2(3)4/h2-6,9-12,15-18,26-27,33,35-39,41,55,62-63H,7-8,13-14,19-25,50H2,1H3,(H2,51,64)(H,56,66)(H,57,69)(H,58,68)(H,59,65)(H,60,67)(H,71,72)(H4,52,53,54);1H3,(H,3,4). The van der Waals surface area contributed by atoms with Crippen LogP contribution in [0.2, 0.25) is 0 Å². The zero-order valence-corrected chi connectivity index (χ0v) is 42.1. The Morgan fingerprint density at radius 2 is 1.30 bits per heavy atom. The molecular weight excluding hydrogens is 989 g/mol. The molecule has 76 heavy (non-hydrogen) atoms. The van der Waals surface area contributed by atoms with Crippen LogP contribution in [0.25, 0.3) is 10.9 Å². The third kappa shape index (κ3) is 19.0. The average molecular weight is 1060 g/mol.